The molecule has 9 nitrogen and oxygen atoms in total. The van der Waals surface area contributed by atoms with Gasteiger partial charge in [-0.25, -0.2) is 14.0 Å². The molecule has 0 saturated carbocycles. The van der Waals surface area contributed by atoms with Gasteiger partial charge in [-0.05, 0) is 28.6 Å². The molecule has 0 radical (unpaired) electrons. The molecule has 1 fully saturated rings. The minimum absolute atomic E-state index is 0.0590. The van der Waals surface area contributed by atoms with E-state index in [1.54, 1.807) is 4.90 Å². The minimum atomic E-state index is -0.778. The molecule has 1 aromatic carbocycles. The van der Waals surface area contributed by atoms with Crippen molar-refractivity contribution in [2.24, 2.45) is 0 Å². The summed E-state index contributed by atoms with van der Waals surface area (Å²) in [5.74, 6) is -0.586. The molecule has 0 N–H and O–H groups in total. The Morgan fingerprint density at radius 1 is 1.08 bits per heavy atom. The summed E-state index contributed by atoms with van der Waals surface area (Å²) >= 11 is 0. The molecule has 2 heterocycles. The number of halogens is 1. The maximum absolute atomic E-state index is 13.3. The molecule has 126 valence electrons. The first-order valence-corrected chi connectivity index (χ1v) is 7.33. The molecule has 2 aromatic rings. The van der Waals surface area contributed by atoms with Crippen molar-refractivity contribution in [3.63, 3.8) is 0 Å². The van der Waals surface area contributed by atoms with Crippen molar-refractivity contribution in [2.45, 2.75) is 6.92 Å². The third-order valence-corrected chi connectivity index (χ3v) is 3.81. The highest BCUT2D eigenvalue weighted by atomic mass is 19.1. The van der Waals surface area contributed by atoms with Crippen LogP contribution in [0.15, 0.2) is 29.1 Å². The van der Waals surface area contributed by atoms with Gasteiger partial charge in [-0.3, -0.25) is 4.79 Å². The maximum atomic E-state index is 13.3. The number of carbonyl (C=O) groups is 2. The Kier molecular flexibility index (Phi) is 4.11. The van der Waals surface area contributed by atoms with Crippen molar-refractivity contribution in [1.82, 2.24) is 29.6 Å². The van der Waals surface area contributed by atoms with Crippen LogP contribution in [0.4, 0.5) is 9.18 Å². The summed E-state index contributed by atoms with van der Waals surface area (Å²) in [4.78, 5) is 39.0. The summed E-state index contributed by atoms with van der Waals surface area (Å²) in [6.45, 7) is 2.86. The number of hydrogen-bond acceptors (Lipinski definition) is 5. The molecule has 0 atom stereocenters. The predicted octanol–water partition coefficient (Wildman–Crippen LogP) is -0.300. The van der Waals surface area contributed by atoms with E-state index in [0.717, 1.165) is 10.7 Å². The van der Waals surface area contributed by atoms with E-state index in [1.165, 1.54) is 30.0 Å². The monoisotopic (exact) mass is 334 g/mol. The predicted molar refractivity (Wildman–Crippen MR) is 80.2 cm³/mol. The number of benzene rings is 1. The zero-order chi connectivity index (χ0) is 17.3. The van der Waals surface area contributed by atoms with Gasteiger partial charge in [0.2, 0.25) is 5.91 Å². The molecule has 10 heteroatoms. The van der Waals surface area contributed by atoms with Crippen molar-refractivity contribution < 1.29 is 14.0 Å². The third-order valence-electron chi connectivity index (χ3n) is 3.81. The quantitative estimate of drug-likeness (QED) is 0.668. The van der Waals surface area contributed by atoms with Crippen molar-refractivity contribution in [1.29, 1.82) is 0 Å². The average molecular weight is 334 g/mol. The van der Waals surface area contributed by atoms with Crippen molar-refractivity contribution in [2.75, 3.05) is 26.2 Å². The fourth-order valence-electron chi connectivity index (χ4n) is 2.48. The third kappa shape index (κ3) is 2.90. The van der Waals surface area contributed by atoms with Gasteiger partial charge < -0.3 is 9.80 Å². The fraction of sp³-hybridized carbons (Fsp3) is 0.357. The maximum Gasteiger partial charge on any atom is 0.377 e. The number of nitrogens with zero attached hydrogens (tertiary/aromatic N) is 6. The van der Waals surface area contributed by atoms with Crippen molar-refractivity contribution >= 4 is 11.9 Å². The summed E-state index contributed by atoms with van der Waals surface area (Å²) in [7, 11) is 0. The van der Waals surface area contributed by atoms with E-state index in [1.807, 2.05) is 0 Å². The van der Waals surface area contributed by atoms with Gasteiger partial charge in [0, 0.05) is 33.1 Å². The van der Waals surface area contributed by atoms with E-state index >= 15 is 0 Å². The largest absolute Gasteiger partial charge is 0.377 e. The van der Waals surface area contributed by atoms with Crippen LogP contribution in [0.3, 0.4) is 0 Å². The number of tetrazole rings is 1. The standard InChI is InChI=1S/C14H15FN6O3/c1-10(22)18-5-7-19(8-6-18)13(23)21-14(24)20(16-17-21)12-4-2-3-11(15)9-12/h2-4,9H,5-8H2,1H3. The number of carbonyl (C=O) groups excluding carboxylic acids is 2. The number of piperazine rings is 1. The second-order valence-electron chi connectivity index (χ2n) is 5.34. The van der Waals surface area contributed by atoms with E-state index in [9.17, 15) is 18.8 Å². The smallest absolute Gasteiger partial charge is 0.339 e. The normalized spacial score (nSPS) is 14.8. The Morgan fingerprint density at radius 3 is 2.38 bits per heavy atom. The van der Waals surface area contributed by atoms with Crippen molar-refractivity contribution in [3.05, 3.63) is 40.6 Å². The molecular weight excluding hydrogens is 319 g/mol. The molecular formula is C14H15FN6O3. The molecule has 1 saturated heterocycles. The first kappa shape index (κ1) is 15.8. The molecule has 1 aliphatic rings. The Bertz CT molecular complexity index is 837. The van der Waals surface area contributed by atoms with E-state index in [-0.39, 0.29) is 11.6 Å². The van der Waals surface area contributed by atoms with Gasteiger partial charge in [-0.2, -0.15) is 4.68 Å². The van der Waals surface area contributed by atoms with Gasteiger partial charge >= 0.3 is 11.7 Å². The van der Waals surface area contributed by atoms with E-state index in [2.05, 4.69) is 10.4 Å². The first-order valence-electron chi connectivity index (χ1n) is 7.33. The van der Waals surface area contributed by atoms with E-state index in [0.29, 0.717) is 30.9 Å². The lowest BCUT2D eigenvalue weighted by molar-refractivity contribution is -0.130. The Morgan fingerprint density at radius 2 is 1.75 bits per heavy atom. The van der Waals surface area contributed by atoms with Crippen LogP contribution in [-0.2, 0) is 4.79 Å². The van der Waals surface area contributed by atoms with Crippen molar-refractivity contribution in [3.8, 4) is 5.69 Å². The topological polar surface area (TPSA) is 93.3 Å². The highest BCUT2D eigenvalue weighted by Crippen LogP contribution is 2.06. The van der Waals surface area contributed by atoms with Gasteiger partial charge in [0.25, 0.3) is 0 Å². The summed E-state index contributed by atoms with van der Waals surface area (Å²) in [6.07, 6.45) is 0. The number of amides is 2. The summed E-state index contributed by atoms with van der Waals surface area (Å²) in [5.41, 5.74) is -0.597. The second-order valence-corrected chi connectivity index (χ2v) is 5.34. The van der Waals surface area contributed by atoms with Gasteiger partial charge in [-0.1, -0.05) is 6.07 Å². The Hall–Kier alpha value is -3.04. The van der Waals surface area contributed by atoms with Crippen LogP contribution in [0.1, 0.15) is 6.92 Å². The molecule has 0 bridgehead atoms. The zero-order valence-electron chi connectivity index (χ0n) is 12.9. The highest BCUT2D eigenvalue weighted by Gasteiger charge is 2.26. The van der Waals surface area contributed by atoms with E-state index < -0.39 is 17.5 Å². The Labute approximate surface area is 135 Å². The molecule has 0 spiro atoms. The summed E-state index contributed by atoms with van der Waals surface area (Å²) in [5, 5.41) is 7.20. The zero-order valence-corrected chi connectivity index (χ0v) is 12.9. The van der Waals surface area contributed by atoms with Crippen LogP contribution < -0.4 is 5.69 Å². The second kappa shape index (κ2) is 6.22. The molecule has 24 heavy (non-hydrogen) atoms. The Balaban J connectivity index is 1.80. The lowest BCUT2D eigenvalue weighted by Crippen LogP contribution is -2.52. The van der Waals surface area contributed by atoms with Gasteiger partial charge in [0.15, 0.2) is 0 Å². The molecule has 3 rings (SSSR count). The van der Waals surface area contributed by atoms with Crippen LogP contribution in [0.2, 0.25) is 0 Å². The highest BCUT2D eigenvalue weighted by molar-refractivity contribution is 5.77. The lowest BCUT2D eigenvalue weighted by atomic mass is 10.3. The molecule has 0 unspecified atom stereocenters. The van der Waals surface area contributed by atoms with Crippen LogP contribution in [0.5, 0.6) is 0 Å². The molecule has 2 amide bonds. The van der Waals surface area contributed by atoms with Gasteiger partial charge in [0.1, 0.15) is 5.82 Å². The molecule has 0 aliphatic carbocycles. The fourth-order valence-corrected chi connectivity index (χ4v) is 2.48. The molecule has 1 aliphatic heterocycles. The summed E-state index contributed by atoms with van der Waals surface area (Å²) in [6, 6.07) is 4.65. The minimum Gasteiger partial charge on any atom is -0.339 e. The number of aromatic nitrogens is 4. The van der Waals surface area contributed by atoms with Crippen LogP contribution in [-0.4, -0.2) is 67.7 Å². The molecule has 1 aromatic heterocycles. The van der Waals surface area contributed by atoms with E-state index in [4.69, 9.17) is 0 Å². The van der Waals surface area contributed by atoms with Crippen LogP contribution in [0, 0.1) is 5.82 Å². The number of rotatable bonds is 1. The average Bonchev–Trinajstić information content (AvgIpc) is 2.96. The lowest BCUT2D eigenvalue weighted by Gasteiger charge is -2.33. The van der Waals surface area contributed by atoms with Crippen LogP contribution >= 0.6 is 0 Å². The summed E-state index contributed by atoms with van der Waals surface area (Å²) < 4.78 is 14.8. The van der Waals surface area contributed by atoms with Crippen LogP contribution in [0.25, 0.3) is 5.69 Å². The van der Waals surface area contributed by atoms with Gasteiger partial charge in [-0.15, -0.1) is 4.68 Å². The first-order chi connectivity index (χ1) is 11.5. The SMILES string of the molecule is CC(=O)N1CCN(C(=O)n2nnn(-c3cccc(F)c3)c2=O)CC1. The van der Waals surface area contributed by atoms with Gasteiger partial charge in [0.05, 0.1) is 5.69 Å². The number of hydrogen-bond donors (Lipinski definition) is 0.